The predicted molar refractivity (Wildman–Crippen MR) is 62.4 cm³/mol. The molecule has 0 atom stereocenters. The zero-order chi connectivity index (χ0) is 11.5. The van der Waals surface area contributed by atoms with Crippen molar-refractivity contribution in [2.75, 3.05) is 11.5 Å². The van der Waals surface area contributed by atoms with Crippen molar-refractivity contribution in [3.05, 3.63) is 0 Å². The molecule has 0 aromatic heterocycles. The highest BCUT2D eigenvalue weighted by Gasteiger charge is 2.44. The Morgan fingerprint density at radius 3 is 2.40 bits per heavy atom. The van der Waals surface area contributed by atoms with Crippen LogP contribution in [0.15, 0.2) is 0 Å². The van der Waals surface area contributed by atoms with E-state index in [1.807, 2.05) is 20.8 Å². The molecular weight excluding hydrogens is 212 g/mol. The molecular formula is C11H20O3S. The summed E-state index contributed by atoms with van der Waals surface area (Å²) in [6.07, 6.45) is 2.07. The Morgan fingerprint density at radius 2 is 2.00 bits per heavy atom. The summed E-state index contributed by atoms with van der Waals surface area (Å²) in [6, 6.07) is 0. The molecule has 0 aromatic carbocycles. The summed E-state index contributed by atoms with van der Waals surface area (Å²) in [7, 11) is 0. The lowest BCUT2D eigenvalue weighted by molar-refractivity contribution is -0.189. The first-order valence-corrected chi connectivity index (χ1v) is 6.59. The maximum Gasteiger partial charge on any atom is 0.336 e. The maximum absolute atomic E-state index is 11.3. The number of thioether (sulfide) groups is 1. The molecule has 3 nitrogen and oxygen atoms in total. The van der Waals surface area contributed by atoms with Crippen LogP contribution in [-0.2, 0) is 9.53 Å². The molecule has 15 heavy (non-hydrogen) atoms. The van der Waals surface area contributed by atoms with Gasteiger partial charge in [0.15, 0.2) is 5.60 Å². The maximum atomic E-state index is 11.3. The van der Waals surface area contributed by atoms with Gasteiger partial charge >= 0.3 is 5.97 Å². The third kappa shape index (κ3) is 3.11. The highest BCUT2D eigenvalue weighted by Crippen LogP contribution is 2.35. The van der Waals surface area contributed by atoms with Gasteiger partial charge in [0.1, 0.15) is 0 Å². The number of hydrogen-bond donors (Lipinski definition) is 1. The van der Waals surface area contributed by atoms with Gasteiger partial charge in [0, 0.05) is 0 Å². The summed E-state index contributed by atoms with van der Waals surface area (Å²) >= 11 is 1.80. The fraction of sp³-hybridized carbons (Fsp3) is 0.909. The van der Waals surface area contributed by atoms with Gasteiger partial charge in [-0.1, -0.05) is 6.92 Å². The van der Waals surface area contributed by atoms with E-state index in [1.165, 1.54) is 0 Å². The number of carbonyl (C=O) groups is 1. The first-order valence-electron chi connectivity index (χ1n) is 5.43. The minimum atomic E-state index is -0.940. The van der Waals surface area contributed by atoms with E-state index in [4.69, 9.17) is 4.74 Å². The van der Waals surface area contributed by atoms with Crippen molar-refractivity contribution in [3.8, 4) is 0 Å². The Balaban J connectivity index is 2.77. The van der Waals surface area contributed by atoms with Crippen LogP contribution < -0.4 is 0 Å². The van der Waals surface area contributed by atoms with E-state index < -0.39 is 11.6 Å². The van der Waals surface area contributed by atoms with Crippen LogP contribution in [0.3, 0.4) is 0 Å². The van der Waals surface area contributed by atoms with E-state index in [9.17, 15) is 9.90 Å². The standard InChI is InChI=1S/C11H20O3S/c1-4-10(2,3)14-11(9(12)13)5-7-15-8-6-11/h4-8H2,1-3H3,(H,12,13). The Labute approximate surface area is 95.6 Å². The molecule has 0 unspecified atom stereocenters. The molecule has 0 aromatic rings. The molecule has 1 heterocycles. The third-order valence-corrected chi connectivity index (χ3v) is 4.00. The Kier molecular flexibility index (Phi) is 4.06. The van der Waals surface area contributed by atoms with Crippen LogP contribution >= 0.6 is 11.8 Å². The highest BCUT2D eigenvalue weighted by molar-refractivity contribution is 7.99. The van der Waals surface area contributed by atoms with Gasteiger partial charge in [0.25, 0.3) is 0 Å². The monoisotopic (exact) mass is 232 g/mol. The summed E-state index contributed by atoms with van der Waals surface area (Å²) in [6.45, 7) is 5.94. The molecule has 88 valence electrons. The van der Waals surface area contributed by atoms with Gasteiger partial charge in [-0.25, -0.2) is 4.79 Å². The van der Waals surface area contributed by atoms with Crippen LogP contribution in [0.1, 0.15) is 40.0 Å². The van der Waals surface area contributed by atoms with Gasteiger partial charge in [-0.15, -0.1) is 0 Å². The fourth-order valence-corrected chi connectivity index (χ4v) is 2.81. The van der Waals surface area contributed by atoms with Crippen LogP contribution in [0, 0.1) is 0 Å². The number of aliphatic carboxylic acids is 1. The zero-order valence-corrected chi connectivity index (χ0v) is 10.5. The minimum Gasteiger partial charge on any atom is -0.479 e. The number of rotatable bonds is 4. The minimum absolute atomic E-state index is 0.347. The summed E-state index contributed by atoms with van der Waals surface area (Å²) in [4.78, 5) is 11.3. The second kappa shape index (κ2) is 4.74. The lowest BCUT2D eigenvalue weighted by Crippen LogP contribution is -2.49. The molecule has 1 rings (SSSR count). The molecule has 1 fully saturated rings. The number of carboxylic acid groups (broad SMARTS) is 1. The van der Waals surface area contributed by atoms with Gasteiger partial charge < -0.3 is 9.84 Å². The smallest absolute Gasteiger partial charge is 0.336 e. The molecule has 0 saturated carbocycles. The third-order valence-electron chi connectivity index (χ3n) is 3.01. The highest BCUT2D eigenvalue weighted by atomic mass is 32.2. The predicted octanol–water partition coefficient (Wildman–Crippen LogP) is 2.54. The quantitative estimate of drug-likeness (QED) is 0.809. The lowest BCUT2D eigenvalue weighted by atomic mass is 9.94. The molecule has 4 heteroatoms. The molecule has 0 bridgehead atoms. The molecule has 0 amide bonds. The number of hydrogen-bond acceptors (Lipinski definition) is 3. The fourth-order valence-electron chi connectivity index (χ4n) is 1.66. The SMILES string of the molecule is CCC(C)(C)OC1(C(=O)O)CCSCC1. The van der Waals surface area contributed by atoms with Gasteiger partial charge in [0.05, 0.1) is 5.60 Å². The van der Waals surface area contributed by atoms with E-state index in [0.717, 1.165) is 17.9 Å². The van der Waals surface area contributed by atoms with Crippen molar-refractivity contribution < 1.29 is 14.6 Å². The number of carboxylic acids is 1. The molecule has 0 aliphatic carbocycles. The van der Waals surface area contributed by atoms with Crippen molar-refractivity contribution in [1.29, 1.82) is 0 Å². The molecule has 0 radical (unpaired) electrons. The Morgan fingerprint density at radius 1 is 1.47 bits per heavy atom. The van der Waals surface area contributed by atoms with Crippen LogP contribution in [-0.4, -0.2) is 33.8 Å². The Bertz CT molecular complexity index is 232. The van der Waals surface area contributed by atoms with E-state index >= 15 is 0 Å². The topological polar surface area (TPSA) is 46.5 Å². The summed E-state index contributed by atoms with van der Waals surface area (Å²) in [5, 5.41) is 9.31. The van der Waals surface area contributed by atoms with Crippen molar-refractivity contribution in [2.45, 2.75) is 51.2 Å². The summed E-state index contributed by atoms with van der Waals surface area (Å²) in [5.74, 6) is 0.961. The molecule has 1 saturated heterocycles. The normalized spacial score (nSPS) is 21.3. The van der Waals surface area contributed by atoms with Crippen molar-refractivity contribution in [3.63, 3.8) is 0 Å². The first kappa shape index (κ1) is 12.8. The van der Waals surface area contributed by atoms with Crippen LogP contribution in [0.4, 0.5) is 0 Å². The van der Waals surface area contributed by atoms with Crippen LogP contribution in [0.2, 0.25) is 0 Å². The number of ether oxygens (including phenoxy) is 1. The summed E-state index contributed by atoms with van der Waals surface area (Å²) < 4.78 is 5.86. The zero-order valence-electron chi connectivity index (χ0n) is 9.71. The van der Waals surface area contributed by atoms with Gasteiger partial charge in [-0.05, 0) is 44.6 Å². The average molecular weight is 232 g/mol. The summed E-state index contributed by atoms with van der Waals surface area (Å²) in [5.41, 5.74) is -1.29. The largest absolute Gasteiger partial charge is 0.479 e. The molecule has 1 aliphatic heterocycles. The second-order valence-corrected chi connectivity index (χ2v) is 5.85. The lowest BCUT2D eigenvalue weighted by Gasteiger charge is -2.39. The molecule has 1 N–H and O–H groups in total. The van der Waals surface area contributed by atoms with Crippen LogP contribution in [0.5, 0.6) is 0 Å². The van der Waals surface area contributed by atoms with E-state index in [-0.39, 0.29) is 5.60 Å². The van der Waals surface area contributed by atoms with Gasteiger partial charge in [-0.3, -0.25) is 0 Å². The van der Waals surface area contributed by atoms with E-state index in [1.54, 1.807) is 11.8 Å². The van der Waals surface area contributed by atoms with Gasteiger partial charge in [0.2, 0.25) is 0 Å². The van der Waals surface area contributed by atoms with E-state index in [2.05, 4.69) is 0 Å². The first-order chi connectivity index (χ1) is 6.92. The van der Waals surface area contributed by atoms with Crippen molar-refractivity contribution in [1.82, 2.24) is 0 Å². The average Bonchev–Trinajstić information content (AvgIpc) is 2.18. The van der Waals surface area contributed by atoms with Gasteiger partial charge in [-0.2, -0.15) is 11.8 Å². The Hall–Kier alpha value is -0.220. The van der Waals surface area contributed by atoms with Crippen molar-refractivity contribution >= 4 is 17.7 Å². The second-order valence-electron chi connectivity index (χ2n) is 4.63. The van der Waals surface area contributed by atoms with Crippen molar-refractivity contribution in [2.24, 2.45) is 0 Å². The van der Waals surface area contributed by atoms with Crippen LogP contribution in [0.25, 0.3) is 0 Å². The molecule has 0 spiro atoms. The van der Waals surface area contributed by atoms with E-state index in [0.29, 0.717) is 12.8 Å². The molecule has 1 aliphatic rings.